The molecule has 0 heterocycles. The normalized spacial score (nSPS) is 13.6. The molecular formula is C18H26N4O6. The van der Waals surface area contributed by atoms with Crippen molar-refractivity contribution in [2.24, 2.45) is 5.73 Å². The molecule has 0 aliphatic heterocycles. The Morgan fingerprint density at radius 1 is 1.04 bits per heavy atom. The summed E-state index contributed by atoms with van der Waals surface area (Å²) >= 11 is 0. The van der Waals surface area contributed by atoms with Crippen molar-refractivity contribution in [1.82, 2.24) is 16.0 Å². The molecule has 3 amide bonds. The summed E-state index contributed by atoms with van der Waals surface area (Å²) in [4.78, 5) is 47.1. The third kappa shape index (κ3) is 7.62. The van der Waals surface area contributed by atoms with Crippen molar-refractivity contribution < 1.29 is 29.0 Å². The number of phenols is 1. The molecule has 0 fully saturated rings. The van der Waals surface area contributed by atoms with E-state index in [0.717, 1.165) is 5.56 Å². The van der Waals surface area contributed by atoms with E-state index in [1.807, 2.05) is 0 Å². The van der Waals surface area contributed by atoms with E-state index < -0.39 is 41.8 Å². The number of aromatic hydroxyl groups is 1. The van der Waals surface area contributed by atoms with Gasteiger partial charge in [0, 0.05) is 0 Å². The molecule has 0 bridgehead atoms. The van der Waals surface area contributed by atoms with E-state index in [-0.39, 0.29) is 18.7 Å². The molecule has 0 saturated carbocycles. The van der Waals surface area contributed by atoms with Gasteiger partial charge in [-0.25, -0.2) is 4.79 Å². The van der Waals surface area contributed by atoms with Gasteiger partial charge >= 0.3 is 5.97 Å². The number of carbonyl (C=O) groups is 4. The Kier molecular flexibility index (Phi) is 8.89. The van der Waals surface area contributed by atoms with Gasteiger partial charge in [-0.1, -0.05) is 12.1 Å². The number of benzene rings is 1. The fourth-order valence-corrected chi connectivity index (χ4v) is 2.21. The summed E-state index contributed by atoms with van der Waals surface area (Å²) in [5.74, 6) is -2.18. The van der Waals surface area contributed by atoms with E-state index in [9.17, 15) is 24.3 Å². The van der Waals surface area contributed by atoms with Crippen LogP contribution in [-0.2, 0) is 30.3 Å². The lowest BCUT2D eigenvalue weighted by molar-refractivity contribution is -0.144. The standard InChI is InChI=1S/C18H26N4O6/c1-10(16(25)20-9-15(24)21-11(2)18(27)28-3)22-17(26)14(19)8-12-4-6-13(23)7-5-12/h4-7,10-11,14,23H,8-9,19H2,1-3H3,(H,20,25)(H,21,24)(H,22,26)/t10-,11?,14?/m0/s1. The Hall–Kier alpha value is -3.14. The number of esters is 1. The van der Waals surface area contributed by atoms with Gasteiger partial charge < -0.3 is 31.5 Å². The molecule has 10 heteroatoms. The van der Waals surface area contributed by atoms with Crippen LogP contribution in [0.2, 0.25) is 0 Å². The molecule has 1 aromatic carbocycles. The van der Waals surface area contributed by atoms with Crippen LogP contribution in [0.1, 0.15) is 19.4 Å². The van der Waals surface area contributed by atoms with Crippen LogP contribution in [0.15, 0.2) is 24.3 Å². The average Bonchev–Trinajstić information content (AvgIpc) is 2.66. The average molecular weight is 394 g/mol. The fraction of sp³-hybridized carbons (Fsp3) is 0.444. The molecule has 1 aromatic rings. The molecule has 0 radical (unpaired) electrons. The summed E-state index contributed by atoms with van der Waals surface area (Å²) in [6.45, 7) is 2.54. The van der Waals surface area contributed by atoms with Crippen LogP contribution in [-0.4, -0.2) is 60.6 Å². The second kappa shape index (κ2) is 10.9. The molecule has 10 nitrogen and oxygen atoms in total. The highest BCUT2D eigenvalue weighted by Crippen LogP contribution is 2.10. The van der Waals surface area contributed by atoms with Crippen LogP contribution in [0.25, 0.3) is 0 Å². The van der Waals surface area contributed by atoms with Gasteiger partial charge in [-0.05, 0) is 38.0 Å². The number of amides is 3. The maximum absolute atomic E-state index is 12.1. The van der Waals surface area contributed by atoms with Gasteiger partial charge in [-0.3, -0.25) is 14.4 Å². The topological polar surface area (TPSA) is 160 Å². The molecule has 28 heavy (non-hydrogen) atoms. The molecule has 0 aromatic heterocycles. The first kappa shape index (κ1) is 22.9. The maximum Gasteiger partial charge on any atom is 0.328 e. The molecule has 154 valence electrons. The van der Waals surface area contributed by atoms with Crippen molar-refractivity contribution in [2.45, 2.75) is 38.4 Å². The van der Waals surface area contributed by atoms with Crippen molar-refractivity contribution in [1.29, 1.82) is 0 Å². The second-order valence-corrected chi connectivity index (χ2v) is 6.24. The van der Waals surface area contributed by atoms with Gasteiger partial charge in [-0.15, -0.1) is 0 Å². The van der Waals surface area contributed by atoms with Crippen LogP contribution < -0.4 is 21.7 Å². The van der Waals surface area contributed by atoms with E-state index in [4.69, 9.17) is 5.73 Å². The molecule has 0 spiro atoms. The van der Waals surface area contributed by atoms with Crippen LogP contribution in [0, 0.1) is 0 Å². The zero-order chi connectivity index (χ0) is 21.3. The predicted octanol–water partition coefficient (Wildman–Crippen LogP) is -1.44. The Bertz CT molecular complexity index is 707. The van der Waals surface area contributed by atoms with Gasteiger partial charge in [0.05, 0.1) is 19.7 Å². The molecular weight excluding hydrogens is 368 g/mol. The Labute approximate surface area is 162 Å². The number of ether oxygens (including phenoxy) is 1. The summed E-state index contributed by atoms with van der Waals surface area (Å²) < 4.78 is 4.48. The first-order valence-corrected chi connectivity index (χ1v) is 8.62. The third-order valence-corrected chi connectivity index (χ3v) is 3.84. The first-order valence-electron chi connectivity index (χ1n) is 8.62. The lowest BCUT2D eigenvalue weighted by Crippen LogP contribution is -2.52. The van der Waals surface area contributed by atoms with E-state index in [1.54, 1.807) is 12.1 Å². The van der Waals surface area contributed by atoms with Crippen molar-refractivity contribution >= 4 is 23.7 Å². The van der Waals surface area contributed by atoms with Gasteiger partial charge in [0.2, 0.25) is 17.7 Å². The van der Waals surface area contributed by atoms with Crippen LogP contribution in [0.3, 0.4) is 0 Å². The van der Waals surface area contributed by atoms with Crippen LogP contribution in [0.5, 0.6) is 5.75 Å². The van der Waals surface area contributed by atoms with Gasteiger partial charge in [-0.2, -0.15) is 0 Å². The first-order chi connectivity index (χ1) is 13.1. The zero-order valence-electron chi connectivity index (χ0n) is 16.0. The van der Waals surface area contributed by atoms with Crippen molar-refractivity contribution in [3.63, 3.8) is 0 Å². The minimum atomic E-state index is -0.913. The zero-order valence-corrected chi connectivity index (χ0v) is 16.0. The maximum atomic E-state index is 12.1. The van der Waals surface area contributed by atoms with E-state index in [1.165, 1.54) is 33.1 Å². The molecule has 0 aliphatic carbocycles. The Morgan fingerprint density at radius 3 is 2.21 bits per heavy atom. The highest BCUT2D eigenvalue weighted by atomic mass is 16.5. The molecule has 1 rings (SSSR count). The second-order valence-electron chi connectivity index (χ2n) is 6.24. The summed E-state index contributed by atoms with van der Waals surface area (Å²) in [6, 6.07) is 3.63. The third-order valence-electron chi connectivity index (χ3n) is 3.84. The monoisotopic (exact) mass is 394 g/mol. The summed E-state index contributed by atoms with van der Waals surface area (Å²) in [6.07, 6.45) is 0.230. The predicted molar refractivity (Wildman–Crippen MR) is 100 cm³/mol. The smallest absolute Gasteiger partial charge is 0.328 e. The molecule has 3 atom stereocenters. The quantitative estimate of drug-likeness (QED) is 0.321. The van der Waals surface area contributed by atoms with Crippen molar-refractivity contribution in [3.05, 3.63) is 29.8 Å². The molecule has 0 aliphatic rings. The SMILES string of the molecule is COC(=O)C(C)NC(=O)CNC(=O)[C@H](C)NC(=O)C(N)Cc1ccc(O)cc1. The number of hydrogen-bond donors (Lipinski definition) is 5. The Balaban J connectivity index is 2.41. The van der Waals surface area contributed by atoms with Gasteiger partial charge in [0.25, 0.3) is 0 Å². The fourth-order valence-electron chi connectivity index (χ4n) is 2.21. The minimum Gasteiger partial charge on any atom is -0.508 e. The minimum absolute atomic E-state index is 0.108. The number of carbonyl (C=O) groups excluding carboxylic acids is 4. The highest BCUT2D eigenvalue weighted by molar-refractivity contribution is 5.92. The van der Waals surface area contributed by atoms with Crippen LogP contribution in [0.4, 0.5) is 0 Å². The largest absolute Gasteiger partial charge is 0.508 e. The highest BCUT2D eigenvalue weighted by Gasteiger charge is 2.21. The lowest BCUT2D eigenvalue weighted by Gasteiger charge is -2.18. The number of methoxy groups -OCH3 is 1. The Morgan fingerprint density at radius 2 is 1.64 bits per heavy atom. The van der Waals surface area contributed by atoms with Gasteiger partial charge in [0.15, 0.2) is 0 Å². The molecule has 2 unspecified atom stereocenters. The number of nitrogens with one attached hydrogen (secondary N) is 3. The summed E-state index contributed by atoms with van der Waals surface area (Å²) in [7, 11) is 1.20. The number of rotatable bonds is 9. The van der Waals surface area contributed by atoms with E-state index >= 15 is 0 Å². The van der Waals surface area contributed by atoms with Crippen molar-refractivity contribution in [2.75, 3.05) is 13.7 Å². The molecule has 6 N–H and O–H groups in total. The number of phenolic OH excluding ortho intramolecular Hbond substituents is 1. The number of hydrogen-bond acceptors (Lipinski definition) is 7. The number of nitrogens with two attached hydrogens (primary N) is 1. The van der Waals surface area contributed by atoms with Crippen LogP contribution >= 0.6 is 0 Å². The summed E-state index contributed by atoms with van der Waals surface area (Å²) in [5, 5.41) is 16.4. The van der Waals surface area contributed by atoms with Crippen molar-refractivity contribution in [3.8, 4) is 5.75 Å². The van der Waals surface area contributed by atoms with E-state index in [0.29, 0.717) is 0 Å². The summed E-state index contributed by atoms with van der Waals surface area (Å²) in [5.41, 5.74) is 6.60. The van der Waals surface area contributed by atoms with Gasteiger partial charge in [0.1, 0.15) is 17.8 Å². The van der Waals surface area contributed by atoms with E-state index in [2.05, 4.69) is 20.7 Å². The molecule has 0 saturated heterocycles. The lowest BCUT2D eigenvalue weighted by atomic mass is 10.1.